The molecule has 6 nitrogen and oxygen atoms in total. The molecule has 0 saturated carbocycles. The molecule has 3 aromatic rings. The van der Waals surface area contributed by atoms with Crippen molar-refractivity contribution in [3.05, 3.63) is 76.8 Å². The molecule has 0 radical (unpaired) electrons. The monoisotopic (exact) mass is 455 g/mol. The zero-order valence-electron chi connectivity index (χ0n) is 17.4. The van der Waals surface area contributed by atoms with E-state index in [1.807, 2.05) is 66.9 Å². The number of aryl methyl sites for hydroxylation is 1. The normalized spacial score (nSPS) is 15.2. The van der Waals surface area contributed by atoms with Crippen molar-refractivity contribution < 1.29 is 13.2 Å². The number of nitrogens with zero attached hydrogens (tertiary/aromatic N) is 3. The fourth-order valence-corrected chi connectivity index (χ4v) is 5.92. The number of carbonyl (C=O) groups excluding carboxylic acids is 1. The Kier molecular flexibility index (Phi) is 6.50. The van der Waals surface area contributed by atoms with Gasteiger partial charge in [-0.15, -0.1) is 11.3 Å². The summed E-state index contributed by atoms with van der Waals surface area (Å²) in [6, 6.07) is 17.3. The number of hydrogen-bond donors (Lipinski definition) is 0. The van der Waals surface area contributed by atoms with Gasteiger partial charge in [-0.2, -0.15) is 4.31 Å². The van der Waals surface area contributed by atoms with Gasteiger partial charge in [-0.3, -0.25) is 4.79 Å². The summed E-state index contributed by atoms with van der Waals surface area (Å²) >= 11 is 1.53. The SMILES string of the molecule is Cc1ccc(-c2nc(CC(=O)N3CCN(S(=O)(=O)Cc4ccccc4)CC3)cs2)cc1. The molecular weight excluding hydrogens is 430 g/mol. The van der Waals surface area contributed by atoms with E-state index in [9.17, 15) is 13.2 Å². The van der Waals surface area contributed by atoms with E-state index in [2.05, 4.69) is 4.98 Å². The Bertz CT molecular complexity index is 1130. The molecule has 0 atom stereocenters. The summed E-state index contributed by atoms with van der Waals surface area (Å²) < 4.78 is 26.9. The molecule has 162 valence electrons. The van der Waals surface area contributed by atoms with Crippen LogP contribution in [0.15, 0.2) is 60.0 Å². The van der Waals surface area contributed by atoms with Gasteiger partial charge in [0.25, 0.3) is 0 Å². The lowest BCUT2D eigenvalue weighted by molar-refractivity contribution is -0.131. The average Bonchev–Trinajstić information content (AvgIpc) is 3.23. The molecule has 0 bridgehead atoms. The van der Waals surface area contributed by atoms with Crippen LogP contribution >= 0.6 is 11.3 Å². The highest BCUT2D eigenvalue weighted by Gasteiger charge is 2.29. The van der Waals surface area contributed by atoms with Gasteiger partial charge in [-0.1, -0.05) is 60.2 Å². The lowest BCUT2D eigenvalue weighted by Gasteiger charge is -2.34. The standard InChI is InChI=1S/C23H25N3O3S2/c1-18-7-9-20(10-8-18)23-24-21(16-30-23)15-22(27)25-11-13-26(14-12-25)31(28,29)17-19-5-3-2-4-6-19/h2-10,16H,11-15,17H2,1H3. The van der Waals surface area contributed by atoms with Gasteiger partial charge in [0, 0.05) is 37.1 Å². The molecule has 0 N–H and O–H groups in total. The fourth-order valence-electron chi connectivity index (χ4n) is 3.58. The molecule has 2 heterocycles. The molecule has 8 heteroatoms. The second kappa shape index (κ2) is 9.30. The van der Waals surface area contributed by atoms with Crippen LogP contribution in [0, 0.1) is 6.92 Å². The molecule has 4 rings (SSSR count). The van der Waals surface area contributed by atoms with Crippen LogP contribution in [0.4, 0.5) is 0 Å². The zero-order chi connectivity index (χ0) is 21.8. The van der Waals surface area contributed by atoms with Crippen molar-refractivity contribution in [2.45, 2.75) is 19.1 Å². The van der Waals surface area contributed by atoms with Crippen LogP contribution in [0.1, 0.15) is 16.8 Å². The van der Waals surface area contributed by atoms with E-state index >= 15 is 0 Å². The first-order valence-corrected chi connectivity index (χ1v) is 12.7. The van der Waals surface area contributed by atoms with E-state index in [4.69, 9.17) is 0 Å². The molecule has 1 saturated heterocycles. The van der Waals surface area contributed by atoms with Crippen LogP contribution in [0.5, 0.6) is 0 Å². The van der Waals surface area contributed by atoms with Crippen molar-refractivity contribution in [1.29, 1.82) is 0 Å². The second-order valence-electron chi connectivity index (χ2n) is 7.71. The Hall–Kier alpha value is -2.55. The molecule has 0 spiro atoms. The van der Waals surface area contributed by atoms with Crippen LogP contribution in [-0.2, 0) is 27.0 Å². The predicted molar refractivity (Wildman–Crippen MR) is 123 cm³/mol. The van der Waals surface area contributed by atoms with Crippen LogP contribution in [0.25, 0.3) is 10.6 Å². The van der Waals surface area contributed by atoms with E-state index in [0.29, 0.717) is 26.2 Å². The molecule has 2 aromatic carbocycles. The number of piperazine rings is 1. The lowest BCUT2D eigenvalue weighted by atomic mass is 10.2. The molecule has 31 heavy (non-hydrogen) atoms. The first-order chi connectivity index (χ1) is 14.9. The van der Waals surface area contributed by atoms with Crippen molar-refractivity contribution in [3.63, 3.8) is 0 Å². The van der Waals surface area contributed by atoms with Gasteiger partial charge in [-0.05, 0) is 12.5 Å². The Labute approximate surface area is 187 Å². The number of amides is 1. The minimum absolute atomic E-state index is 0.0115. The summed E-state index contributed by atoms with van der Waals surface area (Å²) in [4.78, 5) is 19.1. The molecule has 1 amide bonds. The summed E-state index contributed by atoms with van der Waals surface area (Å²) in [5.41, 5.74) is 3.77. The number of hydrogen-bond acceptors (Lipinski definition) is 5. The van der Waals surface area contributed by atoms with Gasteiger partial charge in [0.15, 0.2) is 0 Å². The molecular formula is C23H25N3O3S2. The topological polar surface area (TPSA) is 70.6 Å². The van der Waals surface area contributed by atoms with Gasteiger partial charge in [0.2, 0.25) is 15.9 Å². The number of thiazole rings is 1. The first kappa shape index (κ1) is 21.7. The Balaban J connectivity index is 1.32. The van der Waals surface area contributed by atoms with Crippen molar-refractivity contribution in [3.8, 4) is 10.6 Å². The molecule has 0 aliphatic carbocycles. The number of rotatable bonds is 6. The Morgan fingerprint density at radius 2 is 1.68 bits per heavy atom. The van der Waals surface area contributed by atoms with Crippen molar-refractivity contribution in [2.75, 3.05) is 26.2 Å². The lowest BCUT2D eigenvalue weighted by Crippen LogP contribution is -2.51. The summed E-state index contributed by atoms with van der Waals surface area (Å²) in [7, 11) is -3.39. The maximum absolute atomic E-state index is 12.7. The van der Waals surface area contributed by atoms with E-state index < -0.39 is 10.0 Å². The van der Waals surface area contributed by atoms with Crippen LogP contribution < -0.4 is 0 Å². The number of sulfonamides is 1. The van der Waals surface area contributed by atoms with Gasteiger partial charge in [0.1, 0.15) is 5.01 Å². The van der Waals surface area contributed by atoms with Crippen molar-refractivity contribution in [2.24, 2.45) is 0 Å². The van der Waals surface area contributed by atoms with E-state index in [1.165, 1.54) is 21.2 Å². The maximum atomic E-state index is 12.7. The van der Waals surface area contributed by atoms with E-state index in [0.717, 1.165) is 21.8 Å². The summed E-state index contributed by atoms with van der Waals surface area (Å²) in [5, 5.41) is 2.83. The van der Waals surface area contributed by atoms with Gasteiger partial charge >= 0.3 is 0 Å². The van der Waals surface area contributed by atoms with Gasteiger partial charge < -0.3 is 4.90 Å². The number of benzene rings is 2. The van der Waals surface area contributed by atoms with Gasteiger partial charge in [0.05, 0.1) is 17.9 Å². The molecule has 0 unspecified atom stereocenters. The molecule has 1 aliphatic rings. The highest BCUT2D eigenvalue weighted by atomic mass is 32.2. The quantitative estimate of drug-likeness (QED) is 0.572. The Morgan fingerprint density at radius 3 is 2.35 bits per heavy atom. The van der Waals surface area contributed by atoms with Crippen molar-refractivity contribution >= 4 is 27.3 Å². The number of carbonyl (C=O) groups is 1. The molecule has 1 aromatic heterocycles. The van der Waals surface area contributed by atoms with E-state index in [1.54, 1.807) is 4.90 Å². The predicted octanol–water partition coefficient (Wildman–Crippen LogP) is 3.34. The van der Waals surface area contributed by atoms with Crippen LogP contribution in [0.3, 0.4) is 0 Å². The third kappa shape index (κ3) is 5.39. The average molecular weight is 456 g/mol. The molecule has 1 fully saturated rings. The smallest absolute Gasteiger partial charge is 0.228 e. The van der Waals surface area contributed by atoms with Crippen LogP contribution in [0.2, 0.25) is 0 Å². The largest absolute Gasteiger partial charge is 0.340 e. The van der Waals surface area contributed by atoms with Gasteiger partial charge in [-0.25, -0.2) is 13.4 Å². The van der Waals surface area contributed by atoms with Crippen LogP contribution in [-0.4, -0.2) is 54.7 Å². The fraction of sp³-hybridized carbons (Fsp3) is 0.304. The third-order valence-electron chi connectivity index (χ3n) is 5.36. The summed E-state index contributed by atoms with van der Waals surface area (Å²) in [5.74, 6) is -0.0246. The summed E-state index contributed by atoms with van der Waals surface area (Å²) in [6.45, 7) is 3.51. The first-order valence-electron chi connectivity index (χ1n) is 10.2. The summed E-state index contributed by atoms with van der Waals surface area (Å²) in [6.07, 6.45) is 0.235. The maximum Gasteiger partial charge on any atom is 0.228 e. The van der Waals surface area contributed by atoms with Crippen molar-refractivity contribution in [1.82, 2.24) is 14.2 Å². The second-order valence-corrected chi connectivity index (χ2v) is 10.5. The minimum Gasteiger partial charge on any atom is -0.340 e. The Morgan fingerprint density at radius 1 is 1.00 bits per heavy atom. The highest BCUT2D eigenvalue weighted by molar-refractivity contribution is 7.88. The zero-order valence-corrected chi connectivity index (χ0v) is 19.0. The number of aromatic nitrogens is 1. The molecule has 1 aliphatic heterocycles. The van der Waals surface area contributed by atoms with E-state index in [-0.39, 0.29) is 18.1 Å². The third-order valence-corrected chi connectivity index (χ3v) is 8.15. The minimum atomic E-state index is -3.39. The highest BCUT2D eigenvalue weighted by Crippen LogP contribution is 2.24.